The third kappa shape index (κ3) is 7.87. The van der Waals surface area contributed by atoms with Gasteiger partial charge < -0.3 is 24.3 Å². The standard InChI is InChI=1S/C39H41F2N5O7/c1-6-7-8-9-33(44(4)5)53-32-21-29-34(36-35(32)50-18-19-51-36)31(16-17-42-29)52-30-15-12-25(20-28(30)41)43-37(47)27-22-45(23(2)3)39(49)46(38(27)48)26-13-10-24(40)11-14-26/h10-17,20-23,33H,6-9,18-19H2,1-5H3,(H,43,47). The summed E-state index contributed by atoms with van der Waals surface area (Å²) in [7, 11) is 3.91. The summed E-state index contributed by atoms with van der Waals surface area (Å²) in [4.78, 5) is 46.6. The van der Waals surface area contributed by atoms with Crippen LogP contribution in [-0.2, 0) is 0 Å². The maximum atomic E-state index is 15.6. The van der Waals surface area contributed by atoms with Gasteiger partial charge in [-0.3, -0.25) is 24.0 Å². The molecule has 2 aromatic heterocycles. The topological polar surface area (TPSA) is 126 Å². The second-order valence-electron chi connectivity index (χ2n) is 13.1. The summed E-state index contributed by atoms with van der Waals surface area (Å²) < 4.78 is 55.9. The Bertz CT molecular complexity index is 2250. The Morgan fingerprint density at radius 3 is 2.38 bits per heavy atom. The average Bonchev–Trinajstić information content (AvgIpc) is 3.13. The van der Waals surface area contributed by atoms with E-state index in [1.54, 1.807) is 26.0 Å². The van der Waals surface area contributed by atoms with Crippen molar-refractivity contribution in [2.24, 2.45) is 0 Å². The van der Waals surface area contributed by atoms with E-state index in [0.29, 0.717) is 34.8 Å². The fraction of sp³-hybridized carbons (Fsp3) is 0.333. The van der Waals surface area contributed by atoms with Crippen molar-refractivity contribution in [1.29, 1.82) is 0 Å². The Morgan fingerprint density at radius 1 is 0.962 bits per heavy atom. The summed E-state index contributed by atoms with van der Waals surface area (Å²) in [6.07, 6.45) is 6.47. The first-order chi connectivity index (χ1) is 25.5. The number of hydrogen-bond acceptors (Lipinski definition) is 9. The maximum absolute atomic E-state index is 15.6. The minimum atomic E-state index is -0.919. The van der Waals surface area contributed by atoms with Crippen LogP contribution in [0.25, 0.3) is 16.6 Å². The van der Waals surface area contributed by atoms with Crippen LogP contribution < -0.4 is 35.5 Å². The number of hydrogen-bond donors (Lipinski definition) is 1. The molecule has 0 saturated carbocycles. The molecular weight excluding hydrogens is 688 g/mol. The van der Waals surface area contributed by atoms with Gasteiger partial charge in [-0.2, -0.15) is 0 Å². The number of nitrogens with one attached hydrogen (secondary N) is 1. The SMILES string of the molecule is CCCCCC(Oc1cc2nccc(Oc3ccc(NC(=O)c4cn(C(C)C)c(=O)n(-c5ccc(F)cc5)c4=O)cc3F)c2c2c1OCCO2)N(C)C. The first-order valence-corrected chi connectivity index (χ1v) is 17.4. The van der Waals surface area contributed by atoms with E-state index in [2.05, 4.69) is 17.2 Å². The number of carbonyl (C=O) groups is 1. The van der Waals surface area contributed by atoms with Gasteiger partial charge in [0.15, 0.2) is 29.3 Å². The van der Waals surface area contributed by atoms with E-state index < -0.39 is 34.8 Å². The minimum Gasteiger partial charge on any atom is -0.485 e. The summed E-state index contributed by atoms with van der Waals surface area (Å²) in [5.41, 5.74) is -1.39. The van der Waals surface area contributed by atoms with E-state index in [9.17, 15) is 18.8 Å². The summed E-state index contributed by atoms with van der Waals surface area (Å²) >= 11 is 0. The third-order valence-electron chi connectivity index (χ3n) is 8.75. The van der Waals surface area contributed by atoms with Crippen molar-refractivity contribution in [2.75, 3.05) is 32.6 Å². The molecule has 0 radical (unpaired) electrons. The number of anilines is 1. The number of unbranched alkanes of at least 4 members (excludes halogenated alkanes) is 2. The van der Waals surface area contributed by atoms with Crippen LogP contribution in [0.3, 0.4) is 0 Å². The molecule has 1 N–H and O–H groups in total. The van der Waals surface area contributed by atoms with Gasteiger partial charge in [0.2, 0.25) is 5.75 Å². The predicted octanol–water partition coefficient (Wildman–Crippen LogP) is 7.07. The van der Waals surface area contributed by atoms with Gasteiger partial charge in [-0.25, -0.2) is 18.1 Å². The number of carbonyl (C=O) groups excluding carboxylic acids is 1. The van der Waals surface area contributed by atoms with Gasteiger partial charge in [0.25, 0.3) is 11.5 Å². The molecule has 0 saturated heterocycles. The van der Waals surface area contributed by atoms with Gasteiger partial charge in [-0.15, -0.1) is 0 Å². The molecule has 1 unspecified atom stereocenters. The summed E-state index contributed by atoms with van der Waals surface area (Å²) in [5.74, 6) is -0.890. The van der Waals surface area contributed by atoms with Crippen LogP contribution in [0.15, 0.2) is 76.6 Å². The molecule has 0 aliphatic carbocycles. The molecule has 14 heteroatoms. The molecule has 1 aliphatic rings. The van der Waals surface area contributed by atoms with Crippen molar-refractivity contribution in [1.82, 2.24) is 19.0 Å². The highest BCUT2D eigenvalue weighted by molar-refractivity contribution is 6.04. The molecule has 3 heterocycles. The molecule has 1 amide bonds. The normalized spacial score (nSPS) is 13.0. The molecule has 1 atom stereocenters. The van der Waals surface area contributed by atoms with Gasteiger partial charge in [-0.05, 0) is 83.2 Å². The minimum absolute atomic E-state index is 0.0275. The Kier molecular flexibility index (Phi) is 11.1. The van der Waals surface area contributed by atoms with Gasteiger partial charge in [0.1, 0.15) is 30.3 Å². The second-order valence-corrected chi connectivity index (χ2v) is 13.1. The summed E-state index contributed by atoms with van der Waals surface area (Å²) in [5, 5.41) is 3.00. The number of rotatable bonds is 13. The van der Waals surface area contributed by atoms with Crippen molar-refractivity contribution in [3.8, 4) is 34.4 Å². The lowest BCUT2D eigenvalue weighted by Crippen LogP contribution is -2.42. The van der Waals surface area contributed by atoms with E-state index in [-0.39, 0.29) is 41.3 Å². The molecule has 6 rings (SSSR count). The Hall–Kier alpha value is -5.76. The molecular formula is C39H41F2N5O7. The van der Waals surface area contributed by atoms with Gasteiger partial charge in [0, 0.05) is 36.3 Å². The van der Waals surface area contributed by atoms with Gasteiger partial charge >= 0.3 is 5.69 Å². The van der Waals surface area contributed by atoms with E-state index in [1.165, 1.54) is 35.0 Å². The smallest absolute Gasteiger partial charge is 0.335 e. The van der Waals surface area contributed by atoms with Crippen molar-refractivity contribution in [2.45, 2.75) is 58.7 Å². The van der Waals surface area contributed by atoms with E-state index in [1.807, 2.05) is 19.0 Å². The third-order valence-corrected chi connectivity index (χ3v) is 8.75. The molecule has 5 aromatic rings. The molecule has 0 fully saturated rings. The number of ether oxygens (including phenoxy) is 4. The Labute approximate surface area is 304 Å². The molecule has 0 spiro atoms. The van der Waals surface area contributed by atoms with Crippen LogP contribution >= 0.6 is 0 Å². The lowest BCUT2D eigenvalue weighted by molar-refractivity contribution is 0.0487. The van der Waals surface area contributed by atoms with Gasteiger partial charge in [0.05, 0.1) is 16.6 Å². The highest BCUT2D eigenvalue weighted by atomic mass is 19.1. The lowest BCUT2D eigenvalue weighted by Gasteiger charge is -2.29. The van der Waals surface area contributed by atoms with Crippen molar-refractivity contribution in [3.63, 3.8) is 0 Å². The summed E-state index contributed by atoms with van der Waals surface area (Å²) in [6.45, 7) is 6.16. The highest BCUT2D eigenvalue weighted by Gasteiger charge is 2.27. The van der Waals surface area contributed by atoms with E-state index >= 15 is 4.39 Å². The van der Waals surface area contributed by atoms with Gasteiger partial charge in [-0.1, -0.05) is 19.8 Å². The number of fused-ring (bicyclic) bond motifs is 3. The molecule has 278 valence electrons. The molecule has 12 nitrogen and oxygen atoms in total. The maximum Gasteiger partial charge on any atom is 0.335 e. The number of halogens is 2. The number of amides is 1. The monoisotopic (exact) mass is 729 g/mol. The first kappa shape index (κ1) is 37.0. The second kappa shape index (κ2) is 15.9. The fourth-order valence-electron chi connectivity index (χ4n) is 5.98. The predicted molar refractivity (Wildman–Crippen MR) is 196 cm³/mol. The van der Waals surface area contributed by atoms with Crippen LogP contribution in [0.2, 0.25) is 0 Å². The molecule has 1 aliphatic heterocycles. The Balaban J connectivity index is 1.28. The largest absolute Gasteiger partial charge is 0.485 e. The molecule has 3 aromatic carbocycles. The van der Waals surface area contributed by atoms with Crippen molar-refractivity contribution < 1.29 is 32.5 Å². The number of aromatic nitrogens is 3. The van der Waals surface area contributed by atoms with Crippen molar-refractivity contribution in [3.05, 3.63) is 105 Å². The zero-order chi connectivity index (χ0) is 37.8. The van der Waals surface area contributed by atoms with Crippen LogP contribution in [0.5, 0.6) is 28.7 Å². The van der Waals surface area contributed by atoms with E-state index in [4.69, 9.17) is 18.9 Å². The lowest BCUT2D eigenvalue weighted by atomic mass is 10.1. The molecule has 0 bridgehead atoms. The average molecular weight is 730 g/mol. The fourth-order valence-corrected chi connectivity index (χ4v) is 5.98. The van der Waals surface area contributed by atoms with Crippen LogP contribution in [-0.4, -0.2) is 58.5 Å². The zero-order valence-electron chi connectivity index (χ0n) is 30.2. The summed E-state index contributed by atoms with van der Waals surface area (Å²) in [6, 6.07) is 11.5. The first-order valence-electron chi connectivity index (χ1n) is 17.4. The van der Waals surface area contributed by atoms with Crippen LogP contribution in [0.1, 0.15) is 62.9 Å². The Morgan fingerprint density at radius 2 is 1.70 bits per heavy atom. The van der Waals surface area contributed by atoms with E-state index in [0.717, 1.165) is 54.6 Å². The number of benzene rings is 3. The quantitative estimate of drug-likeness (QED) is 0.100. The van der Waals surface area contributed by atoms with Crippen LogP contribution in [0, 0.1) is 11.6 Å². The number of pyridine rings is 1. The molecule has 53 heavy (non-hydrogen) atoms. The number of nitrogens with zero attached hydrogens (tertiary/aromatic N) is 4. The zero-order valence-corrected chi connectivity index (χ0v) is 30.2. The van der Waals surface area contributed by atoms with Crippen molar-refractivity contribution >= 4 is 22.5 Å². The highest BCUT2D eigenvalue weighted by Crippen LogP contribution is 2.49. The van der Waals surface area contributed by atoms with Crippen LogP contribution in [0.4, 0.5) is 14.5 Å².